The summed E-state index contributed by atoms with van der Waals surface area (Å²) < 4.78 is 83.0. The summed E-state index contributed by atoms with van der Waals surface area (Å²) in [4.78, 5) is 146. The normalized spacial score (nSPS) is 21.1. The maximum atomic E-state index is 14.8. The first kappa shape index (κ1) is 66.8. The molecule has 5 aliphatic rings. The van der Waals surface area contributed by atoms with E-state index < -0.39 is 122 Å². The van der Waals surface area contributed by atoms with Crippen LogP contribution in [0.2, 0.25) is 0 Å². The minimum absolute atomic E-state index is 0.0164. The van der Waals surface area contributed by atoms with Crippen LogP contribution in [0.25, 0.3) is 10.1 Å². The second-order valence-electron chi connectivity index (χ2n) is 24.7. The quantitative estimate of drug-likeness (QED) is 0.0282. The lowest BCUT2D eigenvalue weighted by atomic mass is 9.86. The van der Waals surface area contributed by atoms with Gasteiger partial charge >= 0.3 is 19.4 Å². The number of nitrogens with zero attached hydrogens (tertiary/aromatic N) is 4. The summed E-state index contributed by atoms with van der Waals surface area (Å²) in [7, 11) is -5.97. The van der Waals surface area contributed by atoms with Gasteiger partial charge in [0.2, 0.25) is 41.4 Å². The Morgan fingerprint density at radius 1 is 0.856 bits per heavy atom. The number of imide groups is 1. The average Bonchev–Trinajstić information content (AvgIpc) is 1.64. The number of likely N-dealkylation sites (tertiary alicyclic amines) is 1. The molecule has 8 N–H and O–H groups in total. The van der Waals surface area contributed by atoms with Gasteiger partial charge in [-0.2, -0.15) is 22.0 Å². The van der Waals surface area contributed by atoms with E-state index in [-0.39, 0.29) is 96.1 Å². The van der Waals surface area contributed by atoms with Crippen LogP contribution in [0.4, 0.5) is 22.0 Å². The van der Waals surface area contributed by atoms with Crippen molar-refractivity contribution in [2.24, 2.45) is 11.7 Å². The highest BCUT2D eigenvalue weighted by Crippen LogP contribution is 2.59. The zero-order valence-electron chi connectivity index (χ0n) is 49.7. The van der Waals surface area contributed by atoms with Crippen molar-refractivity contribution >= 4 is 82.2 Å². The number of benzene rings is 3. The van der Waals surface area contributed by atoms with E-state index in [1.54, 1.807) is 17.0 Å². The summed E-state index contributed by atoms with van der Waals surface area (Å²) in [5, 5.41) is 10.3. The standard InChI is InChI=1S/C62H71F5N9O12PS/c1-60(2,3)39-13-11-36(12-14-39)29-45(58(84)74-27-23-35(24-28-74)7-4-5-8-37-9-6-10-42-43(37)32-75(57(42)83)47-19-22-52(78)72-54(47)80)70-53(79)44(17-21-51(68)77)69-55(81)48-18-16-41-25-26-73(34-61(63,64)65)33-46(59(85)76(41)48)71-56(82)50-31-38-30-40(15-20-49(38)90-50)62(66,67)89(86,87)88/h6,9-15,20,30-31,35,41,44-48H,4,7,16-19,21-29,32-34H2,1-3H3,(H2,68,77)(H,69,81)(H,70,79)(H,71,82)(H,72,78,80)(H2,86,87,88)/t41-,44+,45+,46+,47?,48+/m1/s1. The number of hydrogen-bond acceptors (Lipinski definition) is 12. The van der Waals surface area contributed by atoms with Gasteiger partial charge < -0.3 is 46.2 Å². The van der Waals surface area contributed by atoms with Gasteiger partial charge in [-0.1, -0.05) is 69.0 Å². The summed E-state index contributed by atoms with van der Waals surface area (Å²) in [5.74, 6) is 0.586. The Labute approximate surface area is 519 Å². The highest BCUT2D eigenvalue weighted by molar-refractivity contribution is 7.52. The Bertz CT molecular complexity index is 3590. The van der Waals surface area contributed by atoms with Crippen LogP contribution >= 0.6 is 18.9 Å². The van der Waals surface area contributed by atoms with Gasteiger partial charge in [0.15, 0.2) is 0 Å². The number of rotatable bonds is 18. The molecule has 5 aliphatic heterocycles. The van der Waals surface area contributed by atoms with Crippen molar-refractivity contribution in [1.82, 2.24) is 40.9 Å². The first-order chi connectivity index (χ1) is 42.3. The molecule has 9 amide bonds. The Morgan fingerprint density at radius 2 is 1.57 bits per heavy atom. The molecule has 0 bridgehead atoms. The Hall–Kier alpha value is -7.63. The highest BCUT2D eigenvalue weighted by atomic mass is 32.1. The number of fused-ring (bicyclic) bond motifs is 3. The lowest BCUT2D eigenvalue weighted by molar-refractivity contribution is -0.154. The molecular formula is C62H71F5N9O12PS. The fraction of sp³-hybridized carbons (Fsp3) is 0.500. The van der Waals surface area contributed by atoms with Crippen LogP contribution in [0.15, 0.2) is 66.7 Å². The molecule has 28 heteroatoms. The number of amides is 9. The van der Waals surface area contributed by atoms with Gasteiger partial charge in [-0.15, -0.1) is 11.3 Å². The van der Waals surface area contributed by atoms with Gasteiger partial charge in [0.1, 0.15) is 30.2 Å². The Kier molecular flexibility index (Phi) is 20.1. The minimum atomic E-state index is -5.97. The Morgan fingerprint density at radius 3 is 2.23 bits per heavy atom. The molecule has 4 fully saturated rings. The lowest BCUT2D eigenvalue weighted by Gasteiger charge is -2.39. The zero-order chi connectivity index (χ0) is 65.2. The van der Waals surface area contributed by atoms with Crippen LogP contribution in [-0.2, 0) is 62.2 Å². The molecule has 4 saturated heterocycles. The number of carbonyl (C=O) groups excluding carboxylic acids is 9. The van der Waals surface area contributed by atoms with E-state index in [9.17, 15) is 79.5 Å². The van der Waals surface area contributed by atoms with E-state index in [4.69, 9.17) is 5.73 Å². The molecule has 0 radical (unpaired) electrons. The van der Waals surface area contributed by atoms with Crippen molar-refractivity contribution in [3.63, 3.8) is 0 Å². The molecule has 6 heterocycles. The molecule has 90 heavy (non-hydrogen) atoms. The van der Waals surface area contributed by atoms with E-state index in [0.717, 1.165) is 46.1 Å². The number of piperidine rings is 2. The number of thiophene rings is 1. The fourth-order valence-electron chi connectivity index (χ4n) is 12.4. The van der Waals surface area contributed by atoms with E-state index in [2.05, 4.69) is 33.1 Å². The molecule has 1 aromatic heterocycles. The molecule has 21 nitrogen and oxygen atoms in total. The third-order valence-corrected chi connectivity index (χ3v) is 19.4. The molecule has 4 aromatic rings. The third-order valence-electron chi connectivity index (χ3n) is 17.3. The Balaban J connectivity index is 0.881. The van der Waals surface area contributed by atoms with Gasteiger partial charge in [-0.25, -0.2) is 0 Å². The average molecular weight is 1290 g/mol. The second kappa shape index (κ2) is 27.1. The molecule has 0 aliphatic carbocycles. The molecule has 0 spiro atoms. The summed E-state index contributed by atoms with van der Waals surface area (Å²) in [6, 6.07) is 9.29. The van der Waals surface area contributed by atoms with E-state index in [1.807, 2.05) is 51.1 Å². The summed E-state index contributed by atoms with van der Waals surface area (Å²) in [6.07, 6.45) is -2.53. The van der Waals surface area contributed by atoms with Crippen LogP contribution in [0.1, 0.15) is 139 Å². The van der Waals surface area contributed by atoms with Crippen LogP contribution < -0.4 is 27.0 Å². The summed E-state index contributed by atoms with van der Waals surface area (Å²) >= 11 is 0.754. The van der Waals surface area contributed by atoms with Gasteiger partial charge in [0.25, 0.3) is 11.8 Å². The van der Waals surface area contributed by atoms with Crippen LogP contribution in [-0.4, -0.2) is 158 Å². The van der Waals surface area contributed by atoms with Crippen molar-refractivity contribution in [3.8, 4) is 11.8 Å². The first-order valence-corrected chi connectivity index (χ1v) is 32.2. The van der Waals surface area contributed by atoms with Crippen molar-refractivity contribution in [2.45, 2.75) is 158 Å². The number of carbonyl (C=O) groups is 9. The second-order valence-corrected chi connectivity index (χ2v) is 27.5. The van der Waals surface area contributed by atoms with Crippen molar-refractivity contribution in [1.29, 1.82) is 0 Å². The van der Waals surface area contributed by atoms with Gasteiger partial charge in [0.05, 0.1) is 11.4 Å². The molecular weight excluding hydrogens is 1220 g/mol. The maximum absolute atomic E-state index is 14.8. The van der Waals surface area contributed by atoms with Gasteiger partial charge in [-0.05, 0) is 115 Å². The largest absolute Gasteiger partial charge is 0.401 e. The van der Waals surface area contributed by atoms with E-state index >= 15 is 0 Å². The van der Waals surface area contributed by atoms with Crippen molar-refractivity contribution in [2.75, 3.05) is 32.7 Å². The lowest BCUT2D eigenvalue weighted by Crippen LogP contribution is -2.62. The highest BCUT2D eigenvalue weighted by Gasteiger charge is 2.51. The molecule has 482 valence electrons. The van der Waals surface area contributed by atoms with Crippen LogP contribution in [0.3, 0.4) is 0 Å². The molecule has 9 rings (SSSR count). The predicted octanol–water partition coefficient (Wildman–Crippen LogP) is 5.46. The van der Waals surface area contributed by atoms with Gasteiger partial charge in [-0.3, -0.25) is 57.9 Å². The minimum Gasteiger partial charge on any atom is -0.370 e. The van der Waals surface area contributed by atoms with E-state index in [1.165, 1.54) is 9.80 Å². The molecule has 6 atom stereocenters. The number of nitrogens with one attached hydrogen (secondary N) is 4. The third kappa shape index (κ3) is 15.6. The SMILES string of the molecule is CC(C)(C)c1ccc(C[C@H](NC(=O)[C@H](CCC(N)=O)NC(=O)[C@@H]2CC[C@@H]3CCN(CC(F)(F)F)C[C@H](NC(=O)c4cc5cc(C(F)(F)P(=O)(O)O)ccc5s4)C(=O)N32)C(=O)N2CCC(CCC#Cc3cccc4c3CN(C3CCC(=O)NC3=O)C4=O)CC2)cc1. The first-order valence-electron chi connectivity index (χ1n) is 29.8. The van der Waals surface area contributed by atoms with Crippen LogP contribution in [0, 0.1) is 17.8 Å². The number of halogens is 5. The summed E-state index contributed by atoms with van der Waals surface area (Å²) in [6.45, 7) is 4.66. The zero-order valence-corrected chi connectivity index (χ0v) is 51.4. The number of nitrogens with two attached hydrogens (primary N) is 1. The smallest absolute Gasteiger partial charge is 0.370 e. The monoisotopic (exact) mass is 1290 g/mol. The summed E-state index contributed by atoms with van der Waals surface area (Å²) in [5.41, 5.74) is 3.31. The van der Waals surface area contributed by atoms with Gasteiger partial charge in [0, 0.05) is 85.8 Å². The number of primary amides is 1. The fourth-order valence-corrected chi connectivity index (χ4v) is 13.8. The molecule has 3 aromatic carbocycles. The van der Waals surface area contributed by atoms with Crippen LogP contribution in [0.5, 0.6) is 0 Å². The van der Waals surface area contributed by atoms with Crippen molar-refractivity contribution in [3.05, 3.63) is 105 Å². The predicted molar refractivity (Wildman–Crippen MR) is 319 cm³/mol. The molecule has 1 unspecified atom stereocenters. The number of hydrogen-bond donors (Lipinski definition) is 7. The topological polar surface area (TPSA) is 298 Å². The van der Waals surface area contributed by atoms with Crippen molar-refractivity contribution < 1.29 is 79.5 Å². The number of alkyl halides is 5. The molecule has 0 saturated carbocycles. The van der Waals surface area contributed by atoms with E-state index in [0.29, 0.717) is 61.0 Å². The maximum Gasteiger partial charge on any atom is 0.401 e.